The first-order chi connectivity index (χ1) is 11.6. The van der Waals surface area contributed by atoms with Crippen molar-refractivity contribution in [3.05, 3.63) is 29.3 Å². The summed E-state index contributed by atoms with van der Waals surface area (Å²) in [5.74, 6) is 1.00. The summed E-state index contributed by atoms with van der Waals surface area (Å²) < 4.78 is 13.3. The van der Waals surface area contributed by atoms with E-state index in [1.165, 1.54) is 0 Å². The monoisotopic (exact) mass is 351 g/mol. The van der Waals surface area contributed by atoms with Crippen LogP contribution in [0.15, 0.2) is 24.3 Å². The third kappa shape index (κ3) is 3.00. The number of rotatable bonds is 3. The van der Waals surface area contributed by atoms with Crippen LogP contribution in [0.5, 0.6) is 0 Å². The number of amides is 1. The lowest BCUT2D eigenvalue weighted by atomic mass is 9.97. The van der Waals surface area contributed by atoms with E-state index in [4.69, 9.17) is 11.6 Å². The highest BCUT2D eigenvalue weighted by Gasteiger charge is 2.44. The minimum absolute atomic E-state index is 0.0445. The molecular formula is C18H23ClFN3O. The molecule has 4 rings (SSSR count). The van der Waals surface area contributed by atoms with Crippen LogP contribution in [-0.4, -0.2) is 43.8 Å². The number of carbonyl (C=O) groups excluding carboxylic acids is 1. The third-order valence-corrected chi connectivity index (χ3v) is 6.09. The highest BCUT2D eigenvalue weighted by Crippen LogP contribution is 2.41. The van der Waals surface area contributed by atoms with Gasteiger partial charge in [0.25, 0.3) is 0 Å². The summed E-state index contributed by atoms with van der Waals surface area (Å²) in [5, 5.41) is 6.92. The average Bonchev–Trinajstić information content (AvgIpc) is 3.25. The van der Waals surface area contributed by atoms with E-state index in [0.29, 0.717) is 18.3 Å². The molecule has 1 saturated carbocycles. The van der Waals surface area contributed by atoms with Gasteiger partial charge in [-0.15, -0.1) is 0 Å². The van der Waals surface area contributed by atoms with Gasteiger partial charge in [0.1, 0.15) is 6.17 Å². The maximum atomic E-state index is 13.3. The molecule has 6 heteroatoms. The van der Waals surface area contributed by atoms with Gasteiger partial charge in [-0.3, -0.25) is 4.79 Å². The van der Waals surface area contributed by atoms with Crippen LogP contribution in [0.25, 0.3) is 0 Å². The second-order valence-electron chi connectivity index (χ2n) is 7.27. The van der Waals surface area contributed by atoms with Gasteiger partial charge < -0.3 is 15.5 Å². The number of nitrogens with one attached hydrogen (secondary N) is 2. The summed E-state index contributed by atoms with van der Waals surface area (Å²) in [6, 6.07) is 7.74. The van der Waals surface area contributed by atoms with Crippen LogP contribution in [0.1, 0.15) is 19.3 Å². The van der Waals surface area contributed by atoms with Gasteiger partial charge in [0.15, 0.2) is 0 Å². The van der Waals surface area contributed by atoms with Gasteiger partial charge in [0, 0.05) is 38.0 Å². The van der Waals surface area contributed by atoms with Gasteiger partial charge in [-0.05, 0) is 30.9 Å². The normalized spacial score (nSPS) is 35.2. The molecule has 0 spiro atoms. The van der Waals surface area contributed by atoms with E-state index in [1.54, 1.807) is 0 Å². The molecule has 1 amide bonds. The number of alkyl halides is 1. The molecule has 5 atom stereocenters. The SMILES string of the molecule is O=C(NC1CCC2CN(c3ccccc3Cl)CC21)[C@@H]1C[C@@H](F)CN1. The molecule has 1 aromatic rings. The van der Waals surface area contributed by atoms with E-state index in [0.717, 1.165) is 36.6 Å². The van der Waals surface area contributed by atoms with E-state index in [2.05, 4.69) is 21.6 Å². The second-order valence-corrected chi connectivity index (χ2v) is 7.67. The van der Waals surface area contributed by atoms with Crippen LogP contribution in [-0.2, 0) is 4.79 Å². The van der Waals surface area contributed by atoms with Crippen LogP contribution in [0.4, 0.5) is 10.1 Å². The molecule has 2 heterocycles. The molecule has 2 N–H and O–H groups in total. The lowest BCUT2D eigenvalue weighted by Crippen LogP contribution is -2.47. The number of hydrogen-bond donors (Lipinski definition) is 2. The first kappa shape index (κ1) is 16.2. The summed E-state index contributed by atoms with van der Waals surface area (Å²) in [6.07, 6.45) is 1.53. The minimum Gasteiger partial charge on any atom is -0.370 e. The molecule has 0 bridgehead atoms. The number of nitrogens with zero attached hydrogens (tertiary/aromatic N) is 1. The number of halogens is 2. The molecule has 0 aromatic heterocycles. The summed E-state index contributed by atoms with van der Waals surface area (Å²) in [7, 11) is 0. The number of anilines is 1. The Morgan fingerprint density at radius 3 is 2.88 bits per heavy atom. The molecule has 2 saturated heterocycles. The van der Waals surface area contributed by atoms with Crippen LogP contribution in [0, 0.1) is 11.8 Å². The number of benzene rings is 1. The van der Waals surface area contributed by atoms with Crippen molar-refractivity contribution < 1.29 is 9.18 Å². The van der Waals surface area contributed by atoms with Crippen molar-refractivity contribution >= 4 is 23.2 Å². The van der Waals surface area contributed by atoms with Crippen LogP contribution >= 0.6 is 11.6 Å². The van der Waals surface area contributed by atoms with Gasteiger partial charge in [-0.1, -0.05) is 23.7 Å². The van der Waals surface area contributed by atoms with Crippen molar-refractivity contribution in [3.8, 4) is 0 Å². The molecule has 3 unspecified atom stereocenters. The molecule has 4 nitrogen and oxygen atoms in total. The fourth-order valence-corrected chi connectivity index (χ4v) is 4.78. The topological polar surface area (TPSA) is 44.4 Å². The zero-order valence-electron chi connectivity index (χ0n) is 13.6. The zero-order chi connectivity index (χ0) is 16.7. The highest BCUT2D eigenvalue weighted by molar-refractivity contribution is 6.33. The fraction of sp³-hybridized carbons (Fsp3) is 0.611. The van der Waals surface area contributed by atoms with Crippen molar-refractivity contribution in [1.82, 2.24) is 10.6 Å². The van der Waals surface area contributed by atoms with Gasteiger partial charge in [0.2, 0.25) is 5.91 Å². The third-order valence-electron chi connectivity index (χ3n) is 5.77. The van der Waals surface area contributed by atoms with Gasteiger partial charge >= 0.3 is 0 Å². The fourth-order valence-electron chi connectivity index (χ4n) is 4.53. The molecule has 1 aliphatic carbocycles. The Morgan fingerprint density at radius 1 is 1.29 bits per heavy atom. The Kier molecular flexibility index (Phi) is 4.39. The molecule has 24 heavy (non-hydrogen) atoms. The number of fused-ring (bicyclic) bond motifs is 1. The van der Waals surface area contributed by atoms with Crippen molar-refractivity contribution in [3.63, 3.8) is 0 Å². The van der Waals surface area contributed by atoms with E-state index in [1.807, 2.05) is 18.2 Å². The second kappa shape index (κ2) is 6.52. The maximum Gasteiger partial charge on any atom is 0.237 e. The molecule has 2 aliphatic heterocycles. The van der Waals surface area contributed by atoms with E-state index >= 15 is 0 Å². The predicted octanol–water partition coefficient (Wildman–Crippen LogP) is 2.37. The average molecular weight is 352 g/mol. The van der Waals surface area contributed by atoms with Gasteiger partial charge in [-0.2, -0.15) is 0 Å². The van der Waals surface area contributed by atoms with Crippen molar-refractivity contribution in [1.29, 1.82) is 0 Å². The number of para-hydroxylation sites is 1. The Morgan fingerprint density at radius 2 is 2.12 bits per heavy atom. The van der Waals surface area contributed by atoms with Crippen LogP contribution in [0.2, 0.25) is 5.02 Å². The van der Waals surface area contributed by atoms with Gasteiger partial charge in [0.05, 0.1) is 16.8 Å². The molecule has 130 valence electrons. The maximum absolute atomic E-state index is 13.3. The van der Waals surface area contributed by atoms with E-state index in [-0.39, 0.29) is 24.5 Å². The largest absolute Gasteiger partial charge is 0.370 e. The molecule has 0 radical (unpaired) electrons. The quantitative estimate of drug-likeness (QED) is 0.878. The van der Waals surface area contributed by atoms with Crippen molar-refractivity contribution in [2.24, 2.45) is 11.8 Å². The first-order valence-electron chi connectivity index (χ1n) is 8.79. The number of hydrogen-bond acceptors (Lipinski definition) is 3. The van der Waals surface area contributed by atoms with Crippen LogP contribution < -0.4 is 15.5 Å². The molecule has 3 fully saturated rings. The Hall–Kier alpha value is -1.33. The summed E-state index contributed by atoms with van der Waals surface area (Å²) in [5.41, 5.74) is 1.08. The van der Waals surface area contributed by atoms with E-state index < -0.39 is 6.17 Å². The Balaban J connectivity index is 1.40. The minimum atomic E-state index is -0.903. The zero-order valence-corrected chi connectivity index (χ0v) is 14.3. The molecular weight excluding hydrogens is 329 g/mol. The lowest BCUT2D eigenvalue weighted by molar-refractivity contribution is -0.123. The molecule has 1 aromatic carbocycles. The first-order valence-corrected chi connectivity index (χ1v) is 9.17. The Labute approximate surface area is 146 Å². The summed E-state index contributed by atoms with van der Waals surface area (Å²) >= 11 is 6.33. The highest BCUT2D eigenvalue weighted by atomic mass is 35.5. The number of carbonyl (C=O) groups is 1. The summed E-state index contributed by atoms with van der Waals surface area (Å²) in [6.45, 7) is 2.20. The van der Waals surface area contributed by atoms with Crippen molar-refractivity contribution in [2.45, 2.75) is 37.5 Å². The van der Waals surface area contributed by atoms with E-state index in [9.17, 15) is 9.18 Å². The summed E-state index contributed by atoms with van der Waals surface area (Å²) in [4.78, 5) is 14.7. The molecule has 3 aliphatic rings. The standard InChI is InChI=1S/C18H23ClFN3O/c19-14-3-1-2-4-17(14)23-9-11-5-6-15(13(11)10-23)22-18(24)16-7-12(20)8-21-16/h1-4,11-13,15-16,21H,5-10H2,(H,22,24)/t11?,12-,13?,15?,16+/m1/s1. The van der Waals surface area contributed by atoms with Crippen LogP contribution in [0.3, 0.4) is 0 Å². The Bertz CT molecular complexity index is 628. The van der Waals surface area contributed by atoms with Crippen molar-refractivity contribution in [2.75, 3.05) is 24.5 Å². The van der Waals surface area contributed by atoms with Gasteiger partial charge in [-0.25, -0.2) is 4.39 Å². The lowest BCUT2D eigenvalue weighted by Gasteiger charge is -2.24. The smallest absolute Gasteiger partial charge is 0.237 e. The predicted molar refractivity (Wildman–Crippen MR) is 93.1 cm³/mol.